The third kappa shape index (κ3) is 3.67. The molecule has 0 spiro atoms. The number of nitrogen functional groups attached to an aromatic ring is 1. The molecule has 0 unspecified atom stereocenters. The highest BCUT2D eigenvalue weighted by Crippen LogP contribution is 2.22. The number of carbonyl (C=O) groups is 1. The number of hydrogen-bond donors (Lipinski definition) is 3. The molecular weight excluding hydrogens is 274 g/mol. The highest BCUT2D eigenvalue weighted by atomic mass is 16.6. The van der Waals surface area contributed by atoms with Crippen LogP contribution in [0.15, 0.2) is 18.2 Å². The first-order chi connectivity index (χ1) is 10.0. The highest BCUT2D eigenvalue weighted by molar-refractivity contribution is 5.99. The Balaban J connectivity index is 2.15. The van der Waals surface area contributed by atoms with Gasteiger partial charge in [-0.25, -0.2) is 0 Å². The van der Waals surface area contributed by atoms with Gasteiger partial charge in [-0.1, -0.05) is 0 Å². The molecule has 1 heterocycles. The standard InChI is InChI=1S/C13H19N5O3/c1-17-6-4-9(5-7-17)15-13(19)11-8-10(16-14)2-3-12(11)18(20)21/h2-3,8-9,16H,4-7,14H2,1H3,(H,15,19). The molecule has 0 radical (unpaired) electrons. The molecule has 1 fully saturated rings. The molecule has 0 aliphatic carbocycles. The molecule has 21 heavy (non-hydrogen) atoms. The number of piperidine rings is 1. The molecule has 1 aromatic carbocycles. The zero-order valence-corrected chi connectivity index (χ0v) is 11.8. The first kappa shape index (κ1) is 15.2. The second kappa shape index (κ2) is 6.51. The predicted octanol–water partition coefficient (Wildman–Crippen LogP) is 0.704. The molecule has 0 aromatic heterocycles. The lowest BCUT2D eigenvalue weighted by Crippen LogP contribution is -2.43. The maximum absolute atomic E-state index is 12.3. The fraction of sp³-hybridized carbons (Fsp3) is 0.462. The number of nitrogens with two attached hydrogens (primary N) is 1. The summed E-state index contributed by atoms with van der Waals surface area (Å²) in [7, 11) is 2.03. The summed E-state index contributed by atoms with van der Waals surface area (Å²) in [6.07, 6.45) is 1.68. The number of hydrazine groups is 1. The zero-order valence-electron chi connectivity index (χ0n) is 11.8. The van der Waals surface area contributed by atoms with Crippen LogP contribution in [-0.2, 0) is 0 Å². The van der Waals surface area contributed by atoms with Crippen molar-refractivity contribution in [1.82, 2.24) is 10.2 Å². The maximum atomic E-state index is 12.3. The van der Waals surface area contributed by atoms with E-state index >= 15 is 0 Å². The summed E-state index contributed by atoms with van der Waals surface area (Å²) >= 11 is 0. The van der Waals surface area contributed by atoms with E-state index in [1.165, 1.54) is 18.2 Å². The van der Waals surface area contributed by atoms with Crippen LogP contribution >= 0.6 is 0 Å². The van der Waals surface area contributed by atoms with Crippen molar-refractivity contribution in [3.63, 3.8) is 0 Å². The molecule has 1 amide bonds. The number of likely N-dealkylation sites (tertiary alicyclic amines) is 1. The van der Waals surface area contributed by atoms with E-state index in [0.29, 0.717) is 5.69 Å². The topological polar surface area (TPSA) is 114 Å². The molecule has 114 valence electrons. The molecule has 1 aliphatic rings. The fourth-order valence-electron chi connectivity index (χ4n) is 2.38. The lowest BCUT2D eigenvalue weighted by Gasteiger charge is -2.29. The van der Waals surface area contributed by atoms with Crippen molar-refractivity contribution in [3.05, 3.63) is 33.9 Å². The normalized spacial score (nSPS) is 16.5. The van der Waals surface area contributed by atoms with Crippen molar-refractivity contribution in [2.24, 2.45) is 5.84 Å². The van der Waals surface area contributed by atoms with Crippen molar-refractivity contribution in [2.75, 3.05) is 25.6 Å². The van der Waals surface area contributed by atoms with Gasteiger partial charge in [-0.3, -0.25) is 20.8 Å². The molecule has 0 bridgehead atoms. The van der Waals surface area contributed by atoms with Crippen LogP contribution in [0, 0.1) is 10.1 Å². The van der Waals surface area contributed by atoms with Crippen LogP contribution in [-0.4, -0.2) is 41.9 Å². The number of benzene rings is 1. The van der Waals surface area contributed by atoms with Gasteiger partial charge in [0.25, 0.3) is 11.6 Å². The first-order valence-electron chi connectivity index (χ1n) is 6.75. The summed E-state index contributed by atoms with van der Waals surface area (Å²) in [6, 6.07) is 4.17. The zero-order chi connectivity index (χ0) is 15.4. The molecule has 1 saturated heterocycles. The summed E-state index contributed by atoms with van der Waals surface area (Å²) in [6.45, 7) is 1.80. The lowest BCUT2D eigenvalue weighted by molar-refractivity contribution is -0.385. The van der Waals surface area contributed by atoms with Crippen LogP contribution in [0.1, 0.15) is 23.2 Å². The smallest absolute Gasteiger partial charge is 0.282 e. The molecule has 4 N–H and O–H groups in total. The van der Waals surface area contributed by atoms with Crippen LogP contribution in [0.5, 0.6) is 0 Å². The molecule has 2 rings (SSSR count). The lowest BCUT2D eigenvalue weighted by atomic mass is 10.0. The SMILES string of the molecule is CN1CCC(NC(=O)c2cc(NN)ccc2[N+](=O)[O-])CC1. The van der Waals surface area contributed by atoms with E-state index in [2.05, 4.69) is 15.6 Å². The Morgan fingerprint density at radius 3 is 2.67 bits per heavy atom. The van der Waals surface area contributed by atoms with E-state index in [1.807, 2.05) is 7.05 Å². The summed E-state index contributed by atoms with van der Waals surface area (Å²) in [5.41, 5.74) is 2.64. The van der Waals surface area contributed by atoms with Crippen molar-refractivity contribution < 1.29 is 9.72 Å². The van der Waals surface area contributed by atoms with Crippen molar-refractivity contribution in [2.45, 2.75) is 18.9 Å². The summed E-state index contributed by atoms with van der Waals surface area (Å²) in [4.78, 5) is 24.9. The van der Waals surface area contributed by atoms with Gasteiger partial charge in [0.15, 0.2) is 0 Å². The number of anilines is 1. The van der Waals surface area contributed by atoms with Gasteiger partial charge in [0.2, 0.25) is 0 Å². The van der Waals surface area contributed by atoms with Gasteiger partial charge in [-0.2, -0.15) is 0 Å². The third-order valence-electron chi connectivity index (χ3n) is 3.66. The number of amides is 1. The van der Waals surface area contributed by atoms with Gasteiger partial charge in [0.1, 0.15) is 5.56 Å². The van der Waals surface area contributed by atoms with E-state index in [-0.39, 0.29) is 17.3 Å². The minimum absolute atomic E-state index is 0.0226. The average Bonchev–Trinajstić information content (AvgIpc) is 2.48. The number of nitro benzene ring substituents is 1. The van der Waals surface area contributed by atoms with E-state index in [0.717, 1.165) is 25.9 Å². The van der Waals surface area contributed by atoms with Gasteiger partial charge in [0.05, 0.1) is 4.92 Å². The second-order valence-corrected chi connectivity index (χ2v) is 5.18. The summed E-state index contributed by atoms with van der Waals surface area (Å²) in [5, 5.41) is 13.9. The minimum Gasteiger partial charge on any atom is -0.349 e. The number of hydrogen-bond acceptors (Lipinski definition) is 6. The Morgan fingerprint density at radius 1 is 1.43 bits per heavy atom. The largest absolute Gasteiger partial charge is 0.349 e. The molecular formula is C13H19N5O3. The molecule has 8 heteroatoms. The van der Waals surface area contributed by atoms with Crippen LogP contribution in [0.4, 0.5) is 11.4 Å². The Labute approximate surface area is 122 Å². The Bertz CT molecular complexity index is 541. The van der Waals surface area contributed by atoms with Gasteiger partial charge in [0, 0.05) is 17.8 Å². The predicted molar refractivity (Wildman–Crippen MR) is 78.9 cm³/mol. The molecule has 0 saturated carbocycles. The Morgan fingerprint density at radius 2 is 2.10 bits per heavy atom. The number of rotatable bonds is 4. The first-order valence-corrected chi connectivity index (χ1v) is 6.75. The summed E-state index contributed by atoms with van der Waals surface area (Å²) in [5.74, 6) is 4.85. The van der Waals surface area contributed by atoms with Crippen molar-refractivity contribution in [1.29, 1.82) is 0 Å². The van der Waals surface area contributed by atoms with E-state index < -0.39 is 10.8 Å². The fourth-order valence-corrected chi connectivity index (χ4v) is 2.38. The summed E-state index contributed by atoms with van der Waals surface area (Å²) < 4.78 is 0. The Kier molecular flexibility index (Phi) is 4.71. The number of nitrogens with one attached hydrogen (secondary N) is 2. The van der Waals surface area contributed by atoms with Crippen molar-refractivity contribution in [3.8, 4) is 0 Å². The maximum Gasteiger partial charge on any atom is 0.282 e. The van der Waals surface area contributed by atoms with E-state index in [1.54, 1.807) is 0 Å². The monoisotopic (exact) mass is 293 g/mol. The van der Waals surface area contributed by atoms with Gasteiger partial charge in [-0.05, 0) is 45.1 Å². The molecule has 8 nitrogen and oxygen atoms in total. The van der Waals surface area contributed by atoms with Crippen LogP contribution < -0.4 is 16.6 Å². The minimum atomic E-state index is -0.566. The van der Waals surface area contributed by atoms with Crippen molar-refractivity contribution >= 4 is 17.3 Å². The number of nitrogens with zero attached hydrogens (tertiary/aromatic N) is 2. The van der Waals surface area contributed by atoms with Gasteiger partial charge >= 0.3 is 0 Å². The number of nitro groups is 1. The van der Waals surface area contributed by atoms with Gasteiger partial charge in [-0.15, -0.1) is 0 Å². The Hall–Kier alpha value is -2.19. The van der Waals surface area contributed by atoms with Crippen LogP contribution in [0.25, 0.3) is 0 Å². The van der Waals surface area contributed by atoms with Crippen LogP contribution in [0.3, 0.4) is 0 Å². The molecule has 0 atom stereocenters. The number of carbonyl (C=O) groups excluding carboxylic acids is 1. The highest BCUT2D eigenvalue weighted by Gasteiger charge is 2.24. The third-order valence-corrected chi connectivity index (χ3v) is 3.66. The second-order valence-electron chi connectivity index (χ2n) is 5.18. The van der Waals surface area contributed by atoms with Gasteiger partial charge < -0.3 is 15.6 Å². The van der Waals surface area contributed by atoms with E-state index in [9.17, 15) is 14.9 Å². The average molecular weight is 293 g/mol. The quantitative estimate of drug-likeness (QED) is 0.428. The van der Waals surface area contributed by atoms with E-state index in [4.69, 9.17) is 5.84 Å². The molecule has 1 aliphatic heterocycles. The van der Waals surface area contributed by atoms with Crippen LogP contribution in [0.2, 0.25) is 0 Å². The molecule has 1 aromatic rings.